The Kier molecular flexibility index (Phi) is 4.98. The van der Waals surface area contributed by atoms with Gasteiger partial charge in [0.25, 0.3) is 5.62 Å². The molecule has 0 radical (unpaired) electrons. The molecule has 0 saturated carbocycles. The maximum atomic E-state index is 9.25. The molecule has 0 amide bonds. The average molecular weight is 271 g/mol. The van der Waals surface area contributed by atoms with Crippen LogP contribution in [0.25, 0.3) is 0 Å². The lowest BCUT2D eigenvalue weighted by Crippen LogP contribution is -2.33. The van der Waals surface area contributed by atoms with Crippen molar-refractivity contribution in [1.82, 2.24) is 9.71 Å². The van der Waals surface area contributed by atoms with Gasteiger partial charge in [-0.05, 0) is 19.3 Å². The van der Waals surface area contributed by atoms with Crippen LogP contribution in [0.5, 0.6) is 0 Å². The van der Waals surface area contributed by atoms with Crippen LogP contribution in [-0.2, 0) is 0 Å². The summed E-state index contributed by atoms with van der Waals surface area (Å²) in [6.07, 6.45) is 1.69. The normalized spacial score (nSPS) is 14.4. The number of piperidine rings is 1. The van der Waals surface area contributed by atoms with Crippen molar-refractivity contribution in [2.24, 2.45) is 0 Å². The van der Waals surface area contributed by atoms with Crippen molar-refractivity contribution in [3.63, 3.8) is 0 Å². The van der Waals surface area contributed by atoms with Crippen LogP contribution < -0.4 is 16.3 Å². The Morgan fingerprint density at radius 1 is 1.32 bits per heavy atom. The van der Waals surface area contributed by atoms with Gasteiger partial charge in [-0.3, -0.25) is 5.41 Å². The van der Waals surface area contributed by atoms with Gasteiger partial charge in [0.15, 0.2) is 0 Å². The van der Waals surface area contributed by atoms with Crippen molar-refractivity contribution in [2.45, 2.75) is 19.3 Å². The Hall–Kier alpha value is -2.45. The summed E-state index contributed by atoms with van der Waals surface area (Å²) in [5, 5.41) is 30.6. The summed E-state index contributed by atoms with van der Waals surface area (Å²) in [6.45, 7) is 1.89. The number of hydrogen-bond acceptors (Lipinski definition) is 6. The molecule has 0 bridgehead atoms. The Morgan fingerprint density at radius 2 is 1.84 bits per heavy atom. The zero-order valence-electron chi connectivity index (χ0n) is 10.3. The van der Waals surface area contributed by atoms with Gasteiger partial charge >= 0.3 is 6.16 Å². The first kappa shape index (κ1) is 14.6. The first-order chi connectivity index (χ1) is 8.91. The third-order valence-electron chi connectivity index (χ3n) is 2.62. The maximum absolute atomic E-state index is 9.25. The fourth-order valence-corrected chi connectivity index (χ4v) is 1.79. The fourth-order valence-electron chi connectivity index (χ4n) is 1.79. The molecule has 6 N–H and O–H groups in total. The summed E-state index contributed by atoms with van der Waals surface area (Å²) >= 11 is 0. The predicted octanol–water partition coefficient (Wildman–Crippen LogP) is 0.395. The molecule has 0 spiro atoms. The van der Waals surface area contributed by atoms with Gasteiger partial charge in [-0.2, -0.15) is 4.98 Å². The molecule has 1 aliphatic rings. The van der Waals surface area contributed by atoms with E-state index in [1.54, 1.807) is 6.07 Å². The number of nitrogens with two attached hydrogens (primary N) is 1. The lowest BCUT2D eigenvalue weighted by Gasteiger charge is -2.27. The Morgan fingerprint density at radius 3 is 2.32 bits per heavy atom. The largest absolute Gasteiger partial charge is 0.503 e. The van der Waals surface area contributed by atoms with Gasteiger partial charge in [-0.15, -0.1) is 4.73 Å². The highest BCUT2D eigenvalue weighted by Crippen LogP contribution is 2.17. The Bertz CT molecular complexity index is 491. The minimum absolute atomic E-state index is 0.149. The zero-order valence-corrected chi connectivity index (χ0v) is 10.3. The summed E-state index contributed by atoms with van der Waals surface area (Å²) in [5.74, 6) is 0.832. The number of nitrogen functional groups attached to an aromatic ring is 1. The molecular formula is C10H17N5O4. The third-order valence-corrected chi connectivity index (χ3v) is 2.62. The van der Waals surface area contributed by atoms with E-state index >= 15 is 0 Å². The molecule has 9 heteroatoms. The molecule has 0 aromatic carbocycles. The molecule has 1 fully saturated rings. The summed E-state index contributed by atoms with van der Waals surface area (Å²) < 4.78 is 0.577. The molecule has 0 aliphatic carbocycles. The minimum Gasteiger partial charge on any atom is -0.450 e. The smallest absolute Gasteiger partial charge is 0.450 e. The van der Waals surface area contributed by atoms with Crippen LogP contribution in [0, 0.1) is 5.41 Å². The van der Waals surface area contributed by atoms with Gasteiger partial charge in [-0.1, -0.05) is 0 Å². The highest BCUT2D eigenvalue weighted by Gasteiger charge is 2.13. The van der Waals surface area contributed by atoms with Gasteiger partial charge in [-0.25, -0.2) is 4.79 Å². The quantitative estimate of drug-likeness (QED) is 0.464. The SMILES string of the molecule is N=c1nc(N2CCCCC2)cc(N)n1O.O=C(O)O. The van der Waals surface area contributed by atoms with E-state index in [4.69, 9.17) is 26.2 Å². The number of rotatable bonds is 1. The van der Waals surface area contributed by atoms with Gasteiger partial charge in [0, 0.05) is 19.2 Å². The van der Waals surface area contributed by atoms with E-state index in [9.17, 15) is 5.21 Å². The second kappa shape index (κ2) is 6.47. The summed E-state index contributed by atoms with van der Waals surface area (Å²) in [4.78, 5) is 14.6. The Labute approximate surface area is 109 Å². The number of anilines is 2. The summed E-state index contributed by atoms with van der Waals surface area (Å²) in [6, 6.07) is 1.60. The fraction of sp³-hybridized carbons (Fsp3) is 0.500. The molecule has 1 aromatic rings. The van der Waals surface area contributed by atoms with Crippen LogP contribution in [0.1, 0.15) is 19.3 Å². The predicted molar refractivity (Wildman–Crippen MR) is 66.4 cm³/mol. The summed E-state index contributed by atoms with van der Waals surface area (Å²) in [5.41, 5.74) is 5.33. The molecule has 1 aromatic heterocycles. The minimum atomic E-state index is -1.83. The highest BCUT2D eigenvalue weighted by molar-refractivity contribution is 5.53. The van der Waals surface area contributed by atoms with Crippen molar-refractivity contribution in [3.8, 4) is 0 Å². The van der Waals surface area contributed by atoms with Crippen molar-refractivity contribution < 1.29 is 20.2 Å². The van der Waals surface area contributed by atoms with Crippen LogP contribution in [0.4, 0.5) is 16.4 Å². The second-order valence-electron chi connectivity index (χ2n) is 4.00. The van der Waals surface area contributed by atoms with Gasteiger partial charge in [0.2, 0.25) is 0 Å². The highest BCUT2D eigenvalue weighted by atomic mass is 16.6. The standard InChI is InChI=1S/C9H15N5O.CH2O3/c10-7-6-8(12-9(11)14(7)15)13-4-2-1-3-5-13;2-1(3)4/h6,11,15H,1-5,10H2;(H2,2,3,4). The monoisotopic (exact) mass is 271 g/mol. The van der Waals surface area contributed by atoms with Crippen LogP contribution in [0.3, 0.4) is 0 Å². The molecule has 19 heavy (non-hydrogen) atoms. The first-order valence-electron chi connectivity index (χ1n) is 5.72. The molecule has 0 atom stereocenters. The van der Waals surface area contributed by atoms with Crippen LogP contribution in [0.15, 0.2) is 6.07 Å². The van der Waals surface area contributed by atoms with Gasteiger partial charge < -0.3 is 26.1 Å². The van der Waals surface area contributed by atoms with Gasteiger partial charge in [0.1, 0.15) is 11.6 Å². The van der Waals surface area contributed by atoms with Crippen molar-refractivity contribution in [1.29, 1.82) is 5.41 Å². The molecule has 1 saturated heterocycles. The number of carbonyl (C=O) groups is 1. The molecular weight excluding hydrogens is 254 g/mol. The van der Waals surface area contributed by atoms with Crippen molar-refractivity contribution >= 4 is 17.8 Å². The van der Waals surface area contributed by atoms with Crippen molar-refractivity contribution in [2.75, 3.05) is 23.7 Å². The number of nitrogens with zero attached hydrogens (tertiary/aromatic N) is 3. The van der Waals surface area contributed by atoms with Crippen LogP contribution in [0.2, 0.25) is 0 Å². The molecule has 2 heterocycles. The lowest BCUT2D eigenvalue weighted by molar-refractivity contribution is 0.137. The van der Waals surface area contributed by atoms with Gasteiger partial charge in [0.05, 0.1) is 0 Å². The van der Waals surface area contributed by atoms with E-state index in [-0.39, 0.29) is 11.4 Å². The maximum Gasteiger partial charge on any atom is 0.503 e. The molecule has 1 aliphatic heterocycles. The molecule has 2 rings (SSSR count). The van der Waals surface area contributed by atoms with E-state index in [1.165, 1.54) is 6.42 Å². The number of aromatic nitrogens is 2. The van der Waals surface area contributed by atoms with E-state index in [1.807, 2.05) is 0 Å². The molecule has 9 nitrogen and oxygen atoms in total. The second-order valence-corrected chi connectivity index (χ2v) is 4.00. The topological polar surface area (TPSA) is 149 Å². The zero-order chi connectivity index (χ0) is 14.4. The van der Waals surface area contributed by atoms with Crippen LogP contribution in [-0.4, -0.2) is 44.4 Å². The molecule has 106 valence electrons. The number of nitrogens with one attached hydrogen (secondary N) is 1. The lowest BCUT2D eigenvalue weighted by atomic mass is 10.1. The van der Waals surface area contributed by atoms with E-state index in [0.29, 0.717) is 10.5 Å². The van der Waals surface area contributed by atoms with Crippen molar-refractivity contribution in [3.05, 3.63) is 11.7 Å². The van der Waals surface area contributed by atoms with Crippen LogP contribution >= 0.6 is 0 Å². The van der Waals surface area contributed by atoms with E-state index in [2.05, 4.69) is 9.88 Å². The number of carboxylic acid groups (broad SMARTS) is 2. The van der Waals surface area contributed by atoms with E-state index in [0.717, 1.165) is 25.9 Å². The molecule has 0 unspecified atom stereocenters. The number of hydrogen-bond donors (Lipinski definition) is 5. The van der Waals surface area contributed by atoms with E-state index < -0.39 is 6.16 Å². The average Bonchev–Trinajstić information content (AvgIpc) is 2.36. The first-order valence-corrected chi connectivity index (χ1v) is 5.72. The summed E-state index contributed by atoms with van der Waals surface area (Å²) in [7, 11) is 0. The third kappa shape index (κ3) is 4.37. The Balaban J connectivity index is 0.000000399.